The van der Waals surface area contributed by atoms with E-state index >= 15 is 0 Å². The van der Waals surface area contributed by atoms with Crippen LogP contribution in [0.4, 0.5) is 5.69 Å². The third kappa shape index (κ3) is 4.33. The smallest absolute Gasteiger partial charge is 0.179 e. The molecule has 4 aromatic heterocycles. The molecule has 0 aliphatic carbocycles. The number of para-hydroxylation sites is 1. The maximum atomic E-state index is 9.05. The van der Waals surface area contributed by atoms with E-state index in [-0.39, 0.29) is 5.84 Å². The number of ether oxygens (including phenoxy) is 1. The van der Waals surface area contributed by atoms with Crippen molar-refractivity contribution in [1.82, 2.24) is 30.0 Å². The molecule has 1 aliphatic heterocycles. The highest BCUT2D eigenvalue weighted by Gasteiger charge is 2.21. The maximum absolute atomic E-state index is 9.05. The van der Waals surface area contributed by atoms with Gasteiger partial charge in [0.25, 0.3) is 0 Å². The fourth-order valence-electron chi connectivity index (χ4n) is 4.33. The summed E-state index contributed by atoms with van der Waals surface area (Å²) in [7, 11) is 0. The Morgan fingerprint density at radius 1 is 1.00 bits per heavy atom. The summed E-state index contributed by atoms with van der Waals surface area (Å²) in [5.41, 5.74) is 7.21. The van der Waals surface area contributed by atoms with E-state index in [4.69, 9.17) is 20.3 Å². The van der Waals surface area contributed by atoms with Crippen LogP contribution in [0.5, 0.6) is 0 Å². The molecule has 3 N–H and O–H groups in total. The minimum absolute atomic E-state index is 0.195. The predicted molar refractivity (Wildman–Crippen MR) is 139 cm³/mol. The summed E-state index contributed by atoms with van der Waals surface area (Å²) in [6.45, 7) is 2.82. The van der Waals surface area contributed by atoms with E-state index in [0.717, 1.165) is 35.2 Å². The Hall–Kier alpha value is -4.85. The van der Waals surface area contributed by atoms with Crippen LogP contribution in [-0.2, 0) is 4.74 Å². The largest absolute Gasteiger partial charge is 0.378 e. The van der Waals surface area contributed by atoms with E-state index in [9.17, 15) is 0 Å². The molecule has 0 atom stereocenters. The molecule has 10 nitrogen and oxygen atoms in total. The summed E-state index contributed by atoms with van der Waals surface area (Å²) in [5, 5.41) is 22.5. The van der Waals surface area contributed by atoms with E-state index in [1.165, 1.54) is 0 Å². The number of nitrogens with one attached hydrogen (secondary N) is 2. The van der Waals surface area contributed by atoms with Crippen molar-refractivity contribution in [3.8, 4) is 23.1 Å². The van der Waals surface area contributed by atoms with Crippen LogP contribution in [0.25, 0.3) is 27.8 Å². The van der Waals surface area contributed by atoms with Crippen molar-refractivity contribution in [2.75, 3.05) is 31.2 Å². The lowest BCUT2D eigenvalue weighted by molar-refractivity contribution is 0.123. The first kappa shape index (κ1) is 22.6. The van der Waals surface area contributed by atoms with Gasteiger partial charge in [-0.25, -0.2) is 14.5 Å². The second-order valence-electron chi connectivity index (χ2n) is 8.42. The number of nitrogens with zero attached hydrogens (tertiary/aromatic N) is 6. The second-order valence-corrected chi connectivity index (χ2v) is 8.42. The number of aromatic nitrogens is 5. The molecule has 5 aromatic rings. The van der Waals surface area contributed by atoms with Gasteiger partial charge in [-0.2, -0.15) is 5.10 Å². The van der Waals surface area contributed by atoms with Crippen LogP contribution in [0.1, 0.15) is 17.1 Å². The van der Waals surface area contributed by atoms with Crippen LogP contribution in [-0.4, -0.2) is 61.9 Å². The fourth-order valence-corrected chi connectivity index (χ4v) is 4.33. The number of morpholine rings is 1. The summed E-state index contributed by atoms with van der Waals surface area (Å²) < 4.78 is 7.30. The molecule has 0 saturated carbocycles. The predicted octanol–water partition coefficient (Wildman–Crippen LogP) is 2.88. The molecule has 1 saturated heterocycles. The van der Waals surface area contributed by atoms with Crippen LogP contribution in [0.3, 0.4) is 0 Å². The van der Waals surface area contributed by atoms with E-state index in [2.05, 4.69) is 31.8 Å². The Labute approximate surface area is 212 Å². The maximum Gasteiger partial charge on any atom is 0.179 e. The van der Waals surface area contributed by atoms with E-state index in [1.807, 2.05) is 47.9 Å². The summed E-state index contributed by atoms with van der Waals surface area (Å²) in [6.07, 6.45) is 3.37. The highest BCUT2D eigenvalue weighted by atomic mass is 16.5. The van der Waals surface area contributed by atoms with Crippen molar-refractivity contribution in [3.63, 3.8) is 0 Å². The van der Waals surface area contributed by atoms with Gasteiger partial charge in [0.2, 0.25) is 0 Å². The first-order valence-corrected chi connectivity index (χ1v) is 11.7. The van der Waals surface area contributed by atoms with Gasteiger partial charge in [-0.05, 0) is 42.2 Å². The zero-order chi connectivity index (χ0) is 25.2. The number of rotatable bonds is 3. The van der Waals surface area contributed by atoms with Gasteiger partial charge in [-0.15, -0.1) is 0 Å². The zero-order valence-corrected chi connectivity index (χ0v) is 19.7. The number of imidazole rings is 1. The van der Waals surface area contributed by atoms with Gasteiger partial charge in [-0.1, -0.05) is 24.3 Å². The minimum atomic E-state index is -0.195. The lowest BCUT2D eigenvalue weighted by Crippen LogP contribution is -2.36. The van der Waals surface area contributed by atoms with Crippen LogP contribution in [0.15, 0.2) is 67.0 Å². The lowest BCUT2D eigenvalue weighted by atomic mass is 10.1. The van der Waals surface area contributed by atoms with Crippen molar-refractivity contribution in [1.29, 1.82) is 5.41 Å². The molecule has 10 heteroatoms. The SMILES string of the molecule is N=C(NO)c1ccc(-c2c(C#Cc3ccc4ccccc4n3)nc3c(N4CCOCC4)ccnn23)cn1. The average molecular weight is 491 g/mol. The van der Waals surface area contributed by atoms with Gasteiger partial charge in [0.05, 0.1) is 30.6 Å². The molecule has 5 heterocycles. The van der Waals surface area contributed by atoms with Gasteiger partial charge < -0.3 is 9.64 Å². The highest BCUT2D eigenvalue weighted by molar-refractivity contribution is 5.94. The van der Waals surface area contributed by atoms with Crippen molar-refractivity contribution >= 4 is 28.1 Å². The molecule has 0 amide bonds. The van der Waals surface area contributed by atoms with Gasteiger partial charge in [0.15, 0.2) is 11.5 Å². The number of anilines is 1. The average Bonchev–Trinajstić information content (AvgIpc) is 3.34. The van der Waals surface area contributed by atoms with Crippen molar-refractivity contribution < 1.29 is 9.94 Å². The second kappa shape index (κ2) is 9.66. The molecular formula is C27H22N8O2. The molecular weight excluding hydrogens is 468 g/mol. The molecule has 0 spiro atoms. The van der Waals surface area contributed by atoms with E-state index in [1.54, 1.807) is 29.0 Å². The molecule has 182 valence electrons. The van der Waals surface area contributed by atoms with Gasteiger partial charge in [0.1, 0.15) is 22.8 Å². The first-order valence-electron chi connectivity index (χ1n) is 11.7. The number of fused-ring (bicyclic) bond motifs is 2. The topological polar surface area (TPSA) is 125 Å². The number of amidine groups is 1. The van der Waals surface area contributed by atoms with E-state index < -0.39 is 0 Å². The van der Waals surface area contributed by atoms with Crippen LogP contribution >= 0.6 is 0 Å². The first-order chi connectivity index (χ1) is 18.2. The molecule has 37 heavy (non-hydrogen) atoms. The summed E-state index contributed by atoms with van der Waals surface area (Å²) >= 11 is 0. The molecule has 6 rings (SSSR count). The van der Waals surface area contributed by atoms with E-state index in [0.29, 0.717) is 41.6 Å². The number of hydrogen-bond donors (Lipinski definition) is 3. The fraction of sp³-hybridized carbons (Fsp3) is 0.148. The van der Waals surface area contributed by atoms with Crippen molar-refractivity contribution in [3.05, 3.63) is 84.1 Å². The number of pyridine rings is 2. The zero-order valence-electron chi connectivity index (χ0n) is 19.7. The summed E-state index contributed by atoms with van der Waals surface area (Å²) in [5.74, 6) is 6.18. The van der Waals surface area contributed by atoms with Crippen LogP contribution in [0.2, 0.25) is 0 Å². The van der Waals surface area contributed by atoms with Gasteiger partial charge in [0, 0.05) is 30.2 Å². The third-order valence-electron chi connectivity index (χ3n) is 6.16. The standard InChI is InChI=1S/C27H22N8O2/c28-26(33-36)23-9-6-19(17-29-23)25-22(10-8-20-7-5-18-3-1-2-4-21(18)31-20)32-27-24(11-12-30-35(25)27)34-13-15-37-16-14-34/h1-7,9,11-12,17,36H,13-16H2,(H2,28,33). The molecule has 0 bridgehead atoms. The highest BCUT2D eigenvalue weighted by Crippen LogP contribution is 2.29. The Morgan fingerprint density at radius 2 is 1.86 bits per heavy atom. The van der Waals surface area contributed by atoms with Crippen LogP contribution in [0, 0.1) is 17.3 Å². The minimum Gasteiger partial charge on any atom is -0.378 e. The van der Waals surface area contributed by atoms with Crippen molar-refractivity contribution in [2.24, 2.45) is 0 Å². The lowest BCUT2D eigenvalue weighted by Gasteiger charge is -2.28. The summed E-state index contributed by atoms with van der Waals surface area (Å²) in [6, 6.07) is 17.2. The Morgan fingerprint density at radius 3 is 2.68 bits per heavy atom. The quantitative estimate of drug-likeness (QED) is 0.153. The molecule has 1 aromatic carbocycles. The van der Waals surface area contributed by atoms with Gasteiger partial charge >= 0.3 is 0 Å². The monoisotopic (exact) mass is 490 g/mol. The Balaban J connectivity index is 1.50. The molecule has 0 unspecified atom stereocenters. The van der Waals surface area contributed by atoms with Gasteiger partial charge in [-0.3, -0.25) is 21.1 Å². The van der Waals surface area contributed by atoms with Crippen molar-refractivity contribution in [2.45, 2.75) is 0 Å². The molecule has 0 radical (unpaired) electrons. The third-order valence-corrected chi connectivity index (χ3v) is 6.16. The number of hydrogen-bond acceptors (Lipinski definition) is 8. The Bertz CT molecular complexity index is 1680. The number of benzene rings is 1. The molecule has 1 fully saturated rings. The number of hydroxylamine groups is 1. The van der Waals surface area contributed by atoms with Crippen LogP contribution < -0.4 is 10.4 Å². The summed E-state index contributed by atoms with van der Waals surface area (Å²) in [4.78, 5) is 16.1. The normalized spacial score (nSPS) is 13.4. The molecule has 1 aliphatic rings. The Kier molecular flexibility index (Phi) is 5.90.